The molecule has 2 aromatic carbocycles. The summed E-state index contributed by atoms with van der Waals surface area (Å²) < 4.78 is 2.10. The van der Waals surface area contributed by atoms with Gasteiger partial charge < -0.3 is 9.88 Å². The molecule has 4 aromatic rings. The van der Waals surface area contributed by atoms with Crippen LogP contribution in [0.15, 0.2) is 72.9 Å². The second-order valence-electron chi connectivity index (χ2n) is 7.82. The van der Waals surface area contributed by atoms with Crippen LogP contribution in [0, 0.1) is 0 Å². The Kier molecular flexibility index (Phi) is 7.17. The fourth-order valence-electron chi connectivity index (χ4n) is 4.01. The zero-order valence-electron chi connectivity index (χ0n) is 18.2. The standard InChI is InChI=1S/C26H27ClN4O/c1-2-9-24(26(32)29-17-15-20-11-7-8-16-28-20)31-23-14-6-5-13-22(23)30-25(31)18-19-10-3-4-12-21(19)27/h3-8,10-14,16,24H,2,9,15,17-18H2,1H3,(H,29,32)/t24-/m0/s1. The van der Waals surface area contributed by atoms with E-state index in [2.05, 4.69) is 21.8 Å². The van der Waals surface area contributed by atoms with Crippen molar-refractivity contribution in [2.45, 2.75) is 38.6 Å². The number of halogens is 1. The van der Waals surface area contributed by atoms with Gasteiger partial charge in [0.2, 0.25) is 5.91 Å². The van der Waals surface area contributed by atoms with Gasteiger partial charge in [0.15, 0.2) is 0 Å². The first-order valence-electron chi connectivity index (χ1n) is 11.0. The number of benzene rings is 2. The number of hydrogen-bond donors (Lipinski definition) is 1. The summed E-state index contributed by atoms with van der Waals surface area (Å²) in [6.45, 7) is 2.64. The molecule has 0 bridgehead atoms. The van der Waals surface area contributed by atoms with E-state index in [-0.39, 0.29) is 11.9 Å². The molecule has 164 valence electrons. The van der Waals surface area contributed by atoms with Crippen LogP contribution in [0.5, 0.6) is 0 Å². The first-order valence-corrected chi connectivity index (χ1v) is 11.4. The SMILES string of the molecule is CCC[C@@H](C(=O)NCCc1ccccn1)n1c(Cc2ccccc2Cl)nc2ccccc21. The summed E-state index contributed by atoms with van der Waals surface area (Å²) in [6.07, 6.45) is 4.65. The minimum Gasteiger partial charge on any atom is -0.354 e. The van der Waals surface area contributed by atoms with Crippen molar-refractivity contribution >= 4 is 28.5 Å². The highest BCUT2D eigenvalue weighted by molar-refractivity contribution is 6.31. The molecule has 0 fully saturated rings. The fraction of sp³-hybridized carbons (Fsp3) is 0.269. The number of hydrogen-bond acceptors (Lipinski definition) is 3. The first kappa shape index (κ1) is 22.0. The molecule has 0 saturated heterocycles. The monoisotopic (exact) mass is 446 g/mol. The van der Waals surface area contributed by atoms with E-state index < -0.39 is 0 Å². The van der Waals surface area contributed by atoms with Crippen LogP contribution in [-0.2, 0) is 17.6 Å². The molecular weight excluding hydrogens is 420 g/mol. The number of para-hydroxylation sites is 2. The Labute approximate surface area is 193 Å². The van der Waals surface area contributed by atoms with Gasteiger partial charge in [-0.3, -0.25) is 9.78 Å². The second-order valence-corrected chi connectivity index (χ2v) is 8.23. The zero-order chi connectivity index (χ0) is 22.3. The van der Waals surface area contributed by atoms with Gasteiger partial charge in [-0.1, -0.05) is 61.3 Å². The van der Waals surface area contributed by atoms with E-state index in [1.54, 1.807) is 6.20 Å². The maximum absolute atomic E-state index is 13.3. The van der Waals surface area contributed by atoms with Gasteiger partial charge in [0, 0.05) is 36.3 Å². The van der Waals surface area contributed by atoms with Crippen LogP contribution in [0.1, 0.15) is 42.9 Å². The van der Waals surface area contributed by atoms with E-state index in [9.17, 15) is 4.79 Å². The molecule has 6 heteroatoms. The van der Waals surface area contributed by atoms with Gasteiger partial charge >= 0.3 is 0 Å². The number of pyridine rings is 1. The quantitative estimate of drug-likeness (QED) is 0.375. The lowest BCUT2D eigenvalue weighted by molar-refractivity contribution is -0.124. The summed E-state index contributed by atoms with van der Waals surface area (Å²) in [5, 5.41) is 3.82. The summed E-state index contributed by atoms with van der Waals surface area (Å²) in [7, 11) is 0. The maximum atomic E-state index is 13.3. The van der Waals surface area contributed by atoms with Crippen molar-refractivity contribution in [3.05, 3.63) is 95.0 Å². The van der Waals surface area contributed by atoms with E-state index in [4.69, 9.17) is 16.6 Å². The largest absolute Gasteiger partial charge is 0.354 e. The molecule has 0 aliphatic carbocycles. The van der Waals surface area contributed by atoms with E-state index in [0.29, 0.717) is 24.4 Å². The Morgan fingerprint density at radius 1 is 1.06 bits per heavy atom. The lowest BCUT2D eigenvalue weighted by Crippen LogP contribution is -2.34. The molecule has 0 aliphatic heterocycles. The summed E-state index contributed by atoms with van der Waals surface area (Å²) in [5.74, 6) is 0.851. The molecule has 0 aliphatic rings. The van der Waals surface area contributed by atoms with Crippen LogP contribution in [0.3, 0.4) is 0 Å². The number of nitrogens with one attached hydrogen (secondary N) is 1. The van der Waals surface area contributed by atoms with Crippen molar-refractivity contribution in [3.63, 3.8) is 0 Å². The molecular formula is C26H27ClN4O. The number of rotatable bonds is 9. The van der Waals surface area contributed by atoms with Crippen molar-refractivity contribution < 1.29 is 4.79 Å². The number of imidazole rings is 1. The predicted molar refractivity (Wildman–Crippen MR) is 129 cm³/mol. The maximum Gasteiger partial charge on any atom is 0.243 e. The van der Waals surface area contributed by atoms with Gasteiger partial charge in [0.25, 0.3) is 0 Å². The Morgan fingerprint density at radius 2 is 1.84 bits per heavy atom. The van der Waals surface area contributed by atoms with Crippen molar-refractivity contribution in [2.24, 2.45) is 0 Å². The molecule has 0 saturated carbocycles. The van der Waals surface area contributed by atoms with Gasteiger partial charge in [-0.2, -0.15) is 0 Å². The molecule has 1 N–H and O–H groups in total. The predicted octanol–water partition coefficient (Wildman–Crippen LogP) is 5.38. The number of amides is 1. The van der Waals surface area contributed by atoms with Crippen molar-refractivity contribution in [1.82, 2.24) is 19.9 Å². The molecule has 2 aromatic heterocycles. The average molecular weight is 447 g/mol. The lowest BCUT2D eigenvalue weighted by Gasteiger charge is -2.21. The molecule has 32 heavy (non-hydrogen) atoms. The lowest BCUT2D eigenvalue weighted by atomic mass is 10.1. The minimum absolute atomic E-state index is 0.00587. The number of nitrogens with zero attached hydrogens (tertiary/aromatic N) is 3. The van der Waals surface area contributed by atoms with E-state index >= 15 is 0 Å². The Balaban J connectivity index is 1.63. The Morgan fingerprint density at radius 3 is 2.62 bits per heavy atom. The summed E-state index contributed by atoms with van der Waals surface area (Å²) in [6, 6.07) is 21.3. The van der Waals surface area contributed by atoms with Crippen molar-refractivity contribution in [2.75, 3.05) is 6.54 Å². The summed E-state index contributed by atoms with van der Waals surface area (Å²) in [5.41, 5.74) is 3.81. The van der Waals surface area contributed by atoms with Crippen molar-refractivity contribution in [3.8, 4) is 0 Å². The van der Waals surface area contributed by atoms with Gasteiger partial charge in [-0.05, 0) is 42.3 Å². The molecule has 0 radical (unpaired) electrons. The minimum atomic E-state index is -0.339. The highest BCUT2D eigenvalue weighted by atomic mass is 35.5. The average Bonchev–Trinajstić information content (AvgIpc) is 3.17. The van der Waals surface area contributed by atoms with Gasteiger partial charge in [-0.25, -0.2) is 4.98 Å². The van der Waals surface area contributed by atoms with Crippen LogP contribution in [0.25, 0.3) is 11.0 Å². The molecule has 1 atom stereocenters. The highest BCUT2D eigenvalue weighted by Gasteiger charge is 2.25. The summed E-state index contributed by atoms with van der Waals surface area (Å²) in [4.78, 5) is 22.5. The molecule has 5 nitrogen and oxygen atoms in total. The van der Waals surface area contributed by atoms with E-state index in [0.717, 1.165) is 41.0 Å². The van der Waals surface area contributed by atoms with Crippen molar-refractivity contribution in [1.29, 1.82) is 0 Å². The molecule has 2 heterocycles. The normalized spacial score (nSPS) is 12.1. The van der Waals surface area contributed by atoms with Crippen LogP contribution in [-0.4, -0.2) is 27.0 Å². The fourth-order valence-corrected chi connectivity index (χ4v) is 4.21. The van der Waals surface area contributed by atoms with Gasteiger partial charge in [-0.15, -0.1) is 0 Å². The van der Waals surface area contributed by atoms with Crippen LogP contribution in [0.4, 0.5) is 0 Å². The van der Waals surface area contributed by atoms with Gasteiger partial charge in [0.05, 0.1) is 11.0 Å². The van der Waals surface area contributed by atoms with E-state index in [1.807, 2.05) is 66.7 Å². The topological polar surface area (TPSA) is 59.8 Å². The molecule has 1 amide bonds. The van der Waals surface area contributed by atoms with Gasteiger partial charge in [0.1, 0.15) is 11.9 Å². The first-order chi connectivity index (χ1) is 15.7. The summed E-state index contributed by atoms with van der Waals surface area (Å²) >= 11 is 6.43. The van der Waals surface area contributed by atoms with E-state index in [1.165, 1.54) is 0 Å². The molecule has 0 unspecified atom stereocenters. The smallest absolute Gasteiger partial charge is 0.243 e. The molecule has 4 rings (SSSR count). The van der Waals surface area contributed by atoms with Crippen LogP contribution < -0.4 is 5.32 Å². The Bertz CT molecular complexity index is 1190. The number of carbonyl (C=O) groups is 1. The number of aromatic nitrogens is 3. The Hall–Kier alpha value is -3.18. The third-order valence-corrected chi connectivity index (χ3v) is 5.93. The molecule has 0 spiro atoms. The second kappa shape index (κ2) is 10.4. The zero-order valence-corrected chi connectivity index (χ0v) is 18.9. The number of carbonyl (C=O) groups excluding carboxylic acids is 1. The van der Waals surface area contributed by atoms with Crippen LogP contribution >= 0.6 is 11.6 Å². The third-order valence-electron chi connectivity index (χ3n) is 5.56. The van der Waals surface area contributed by atoms with Crippen LogP contribution in [0.2, 0.25) is 5.02 Å². The third kappa shape index (κ3) is 5.00. The highest BCUT2D eigenvalue weighted by Crippen LogP contribution is 2.27. The number of fused-ring (bicyclic) bond motifs is 1.